The highest BCUT2D eigenvalue weighted by Gasteiger charge is 2.45. The molecule has 1 fully saturated rings. The Hall–Kier alpha value is -3.43. The largest absolute Gasteiger partial charge is 0.494 e. The first kappa shape index (κ1) is 16.1. The van der Waals surface area contributed by atoms with Crippen LogP contribution in [0.3, 0.4) is 0 Å². The third-order valence-corrected chi connectivity index (χ3v) is 5.16. The van der Waals surface area contributed by atoms with Gasteiger partial charge in [0.15, 0.2) is 0 Å². The lowest BCUT2D eigenvalue weighted by Gasteiger charge is -2.34. The number of aromatic hydroxyl groups is 2. The molecule has 3 aliphatic rings. The van der Waals surface area contributed by atoms with Crippen LogP contribution >= 0.6 is 0 Å². The first-order valence-electron chi connectivity index (χ1n) is 7.93. The zero-order valence-electron chi connectivity index (χ0n) is 13.3. The number of nitrogens with zero attached hydrogens (tertiary/aromatic N) is 3. The van der Waals surface area contributed by atoms with Gasteiger partial charge in [-0.3, -0.25) is 29.6 Å². The molecule has 0 spiro atoms. The lowest BCUT2D eigenvalue weighted by molar-refractivity contribution is -0.394. The van der Waals surface area contributed by atoms with Gasteiger partial charge in [-0.25, -0.2) is 0 Å². The second-order valence-corrected chi connectivity index (χ2v) is 6.53. The van der Waals surface area contributed by atoms with Gasteiger partial charge in [0.25, 0.3) is 11.4 Å². The molecule has 2 bridgehead atoms. The van der Waals surface area contributed by atoms with E-state index in [2.05, 4.69) is 0 Å². The Balaban J connectivity index is 1.97. The van der Waals surface area contributed by atoms with Gasteiger partial charge < -0.3 is 10.2 Å². The first-order chi connectivity index (χ1) is 12.3. The van der Waals surface area contributed by atoms with E-state index in [0.29, 0.717) is 24.0 Å². The number of rotatable bonds is 3. The summed E-state index contributed by atoms with van der Waals surface area (Å²) < 4.78 is 0.939. The van der Waals surface area contributed by atoms with Crippen LogP contribution in [0.15, 0.2) is 18.2 Å². The van der Waals surface area contributed by atoms with Crippen molar-refractivity contribution in [1.82, 2.24) is 4.57 Å². The Bertz CT molecular complexity index is 962. The van der Waals surface area contributed by atoms with Crippen molar-refractivity contribution in [2.24, 2.45) is 0 Å². The maximum absolute atomic E-state index is 12.1. The summed E-state index contributed by atoms with van der Waals surface area (Å²) in [5.74, 6) is -1.53. The SMILES string of the molecule is O=C1C[C@@H]2CC[C@H]1c1c2c(O)n(-c2cc([N+](=O)[O-])cc([N+](=O)[O-])c2)c1O. The zero-order chi connectivity index (χ0) is 18.7. The molecule has 2 aromatic rings. The van der Waals surface area contributed by atoms with Crippen molar-refractivity contribution >= 4 is 17.2 Å². The van der Waals surface area contributed by atoms with Crippen molar-refractivity contribution < 1.29 is 24.9 Å². The van der Waals surface area contributed by atoms with Crippen molar-refractivity contribution in [3.63, 3.8) is 0 Å². The fraction of sp³-hybridized carbons (Fsp3) is 0.312. The molecule has 0 aliphatic heterocycles. The molecule has 0 radical (unpaired) electrons. The summed E-state index contributed by atoms with van der Waals surface area (Å²) in [7, 11) is 0. The summed E-state index contributed by atoms with van der Waals surface area (Å²) >= 11 is 0. The highest BCUT2D eigenvalue weighted by Crippen LogP contribution is 2.56. The third-order valence-electron chi connectivity index (χ3n) is 5.16. The van der Waals surface area contributed by atoms with E-state index in [9.17, 15) is 35.2 Å². The normalized spacial score (nSPS) is 20.8. The first-order valence-corrected chi connectivity index (χ1v) is 7.93. The van der Waals surface area contributed by atoms with E-state index in [4.69, 9.17) is 0 Å². The van der Waals surface area contributed by atoms with Gasteiger partial charge in [-0.15, -0.1) is 0 Å². The molecule has 26 heavy (non-hydrogen) atoms. The minimum atomic E-state index is -0.790. The van der Waals surface area contributed by atoms with E-state index in [1.54, 1.807) is 0 Å². The van der Waals surface area contributed by atoms with Gasteiger partial charge in [0.2, 0.25) is 11.8 Å². The van der Waals surface area contributed by atoms with Gasteiger partial charge >= 0.3 is 0 Å². The summed E-state index contributed by atoms with van der Waals surface area (Å²) in [6.07, 6.45) is 1.52. The maximum Gasteiger partial charge on any atom is 0.278 e. The summed E-state index contributed by atoms with van der Waals surface area (Å²) in [5.41, 5.74) is -0.420. The van der Waals surface area contributed by atoms with Crippen LogP contribution in [0.2, 0.25) is 0 Å². The molecule has 2 atom stereocenters. The fourth-order valence-electron chi connectivity index (χ4n) is 4.06. The second kappa shape index (κ2) is 5.28. The van der Waals surface area contributed by atoms with Crippen LogP contribution in [0.4, 0.5) is 11.4 Å². The monoisotopic (exact) mass is 359 g/mol. The fourth-order valence-corrected chi connectivity index (χ4v) is 4.06. The van der Waals surface area contributed by atoms with E-state index in [1.807, 2.05) is 0 Å². The minimum absolute atomic E-state index is 0.0220. The second-order valence-electron chi connectivity index (χ2n) is 6.53. The van der Waals surface area contributed by atoms with Crippen LogP contribution < -0.4 is 0 Å². The Morgan fingerprint density at radius 2 is 1.54 bits per heavy atom. The maximum atomic E-state index is 12.1. The molecule has 10 nitrogen and oxygen atoms in total. The van der Waals surface area contributed by atoms with Crippen LogP contribution in [0.5, 0.6) is 11.8 Å². The van der Waals surface area contributed by atoms with Crippen LogP contribution in [0, 0.1) is 20.2 Å². The van der Waals surface area contributed by atoms with Gasteiger partial charge in [0.1, 0.15) is 5.78 Å². The molecule has 1 heterocycles. The van der Waals surface area contributed by atoms with Gasteiger partial charge in [-0.1, -0.05) is 0 Å². The minimum Gasteiger partial charge on any atom is -0.494 e. The number of benzene rings is 1. The van der Waals surface area contributed by atoms with Gasteiger partial charge in [-0.05, 0) is 18.8 Å². The number of carbonyl (C=O) groups excluding carboxylic acids is 1. The molecular weight excluding hydrogens is 346 g/mol. The predicted molar refractivity (Wildman–Crippen MR) is 86.7 cm³/mol. The van der Waals surface area contributed by atoms with Crippen LogP contribution in [0.25, 0.3) is 5.69 Å². The highest BCUT2D eigenvalue weighted by atomic mass is 16.6. The number of nitro benzene ring substituents is 2. The molecule has 0 saturated heterocycles. The molecule has 10 heteroatoms. The van der Waals surface area contributed by atoms with E-state index in [-0.39, 0.29) is 29.7 Å². The molecule has 3 aliphatic carbocycles. The smallest absolute Gasteiger partial charge is 0.278 e. The van der Waals surface area contributed by atoms with Crippen LogP contribution in [-0.2, 0) is 4.79 Å². The number of carbonyl (C=O) groups is 1. The molecule has 5 rings (SSSR count). The summed E-state index contributed by atoms with van der Waals surface area (Å²) in [6.45, 7) is 0. The van der Waals surface area contributed by atoms with Crippen LogP contribution in [-0.4, -0.2) is 30.4 Å². The predicted octanol–water partition coefficient (Wildman–Crippen LogP) is 2.64. The number of fused-ring (bicyclic) bond motifs is 2. The van der Waals surface area contributed by atoms with Crippen LogP contribution in [0.1, 0.15) is 42.2 Å². The van der Waals surface area contributed by atoms with Gasteiger partial charge in [-0.2, -0.15) is 0 Å². The number of non-ortho nitro benzene ring substituents is 2. The molecule has 2 N–H and O–H groups in total. The molecule has 1 aromatic heterocycles. The van der Waals surface area contributed by atoms with Crippen molar-refractivity contribution in [2.75, 3.05) is 0 Å². The number of Topliss-reactive ketones (excluding diaryl/α,β-unsaturated/α-hetero) is 1. The van der Waals surface area contributed by atoms with Gasteiger partial charge in [0.05, 0.1) is 21.6 Å². The third kappa shape index (κ3) is 2.08. The summed E-state index contributed by atoms with van der Waals surface area (Å²) in [4.78, 5) is 32.7. The van der Waals surface area contributed by atoms with E-state index in [0.717, 1.165) is 22.8 Å². The standard InChI is InChI=1S/C16H13N3O7/c20-12-3-7-1-2-11(12)14-13(7)15(21)17(16(14)22)8-4-9(18(23)24)6-10(5-8)19(25)26/h4-7,11,21-22H,1-3H2/t7-,11+/m0/s1. The number of nitro groups is 2. The number of hydrogen-bond acceptors (Lipinski definition) is 7. The molecule has 0 amide bonds. The Labute approximate surface area is 145 Å². The molecule has 0 unspecified atom stereocenters. The summed E-state index contributed by atoms with van der Waals surface area (Å²) in [6, 6.07) is 2.86. The molecule has 134 valence electrons. The highest BCUT2D eigenvalue weighted by molar-refractivity contribution is 5.91. The Kier molecular flexibility index (Phi) is 3.26. The van der Waals surface area contributed by atoms with E-state index >= 15 is 0 Å². The van der Waals surface area contributed by atoms with E-state index < -0.39 is 33.0 Å². The zero-order valence-corrected chi connectivity index (χ0v) is 13.3. The molecular formula is C16H13N3O7. The van der Waals surface area contributed by atoms with Crippen molar-refractivity contribution in [2.45, 2.75) is 31.1 Å². The van der Waals surface area contributed by atoms with Crippen molar-refractivity contribution in [1.29, 1.82) is 0 Å². The van der Waals surface area contributed by atoms with Gasteiger partial charge in [0, 0.05) is 35.6 Å². The number of ketones is 1. The number of hydrogen-bond donors (Lipinski definition) is 2. The lowest BCUT2D eigenvalue weighted by Crippen LogP contribution is -2.28. The molecule has 1 aromatic carbocycles. The molecule has 1 saturated carbocycles. The quantitative estimate of drug-likeness (QED) is 0.632. The lowest BCUT2D eigenvalue weighted by atomic mass is 9.67. The van der Waals surface area contributed by atoms with Crippen molar-refractivity contribution in [3.8, 4) is 17.4 Å². The Morgan fingerprint density at radius 3 is 2.08 bits per heavy atom. The average Bonchev–Trinajstić information content (AvgIpc) is 2.87. The van der Waals surface area contributed by atoms with E-state index in [1.165, 1.54) is 0 Å². The average molecular weight is 359 g/mol. The van der Waals surface area contributed by atoms with Crippen molar-refractivity contribution in [3.05, 3.63) is 49.6 Å². The Morgan fingerprint density at radius 1 is 0.962 bits per heavy atom. The topological polar surface area (TPSA) is 149 Å². The number of aromatic nitrogens is 1. The summed E-state index contributed by atoms with van der Waals surface area (Å²) in [5, 5.41) is 43.4.